The van der Waals surface area contributed by atoms with E-state index < -0.39 is 0 Å². The number of halogens is 2. The van der Waals surface area contributed by atoms with Crippen molar-refractivity contribution in [2.24, 2.45) is 11.7 Å². The summed E-state index contributed by atoms with van der Waals surface area (Å²) in [5, 5.41) is 0.705. The minimum atomic E-state index is 0.586. The maximum Gasteiger partial charge on any atom is 0.0434 e. The average Bonchev–Trinajstić information content (AvgIpc) is 2.21. The number of likely N-dealkylation sites (tertiary alicyclic amines) is 1. The Balaban J connectivity index is 2.48. The van der Waals surface area contributed by atoms with Crippen molar-refractivity contribution in [3.8, 4) is 0 Å². The lowest BCUT2D eigenvalue weighted by Gasteiger charge is -2.37. The van der Waals surface area contributed by atoms with Gasteiger partial charge >= 0.3 is 0 Å². The van der Waals surface area contributed by atoms with E-state index in [2.05, 4.69) is 11.8 Å². The Kier molecular flexibility index (Phi) is 5.24. The minimum absolute atomic E-state index is 0.586. The van der Waals surface area contributed by atoms with Gasteiger partial charge in [0.15, 0.2) is 0 Å². The Hall–Kier alpha value is 0.240. The quantitative estimate of drug-likeness (QED) is 0.816. The molecule has 1 heterocycles. The van der Waals surface area contributed by atoms with Gasteiger partial charge in [-0.25, -0.2) is 0 Å². The highest BCUT2D eigenvalue weighted by atomic mass is 35.5. The highest BCUT2D eigenvalue weighted by molar-refractivity contribution is 6.36. The topological polar surface area (TPSA) is 29.3 Å². The number of hydrogen-bond donors (Lipinski definition) is 1. The first-order valence-corrected chi connectivity index (χ1v) is 5.87. The number of nitrogens with zero attached hydrogens (tertiary/aromatic N) is 1. The first-order valence-electron chi connectivity index (χ1n) is 5.06. The van der Waals surface area contributed by atoms with Crippen molar-refractivity contribution in [1.82, 2.24) is 4.90 Å². The molecule has 0 bridgehead atoms. The van der Waals surface area contributed by atoms with Gasteiger partial charge in [-0.2, -0.15) is 0 Å². The zero-order chi connectivity index (χ0) is 10.6. The molecule has 1 aliphatic rings. The Morgan fingerprint density at radius 3 is 2.86 bits per heavy atom. The second-order valence-electron chi connectivity index (χ2n) is 4.01. The molecule has 82 valence electrons. The van der Waals surface area contributed by atoms with Crippen molar-refractivity contribution in [2.45, 2.75) is 25.8 Å². The van der Waals surface area contributed by atoms with Crippen LogP contribution < -0.4 is 5.73 Å². The summed E-state index contributed by atoms with van der Waals surface area (Å²) in [5.41, 5.74) is 7.12. The summed E-state index contributed by atoms with van der Waals surface area (Å²) >= 11 is 11.5. The van der Waals surface area contributed by atoms with Crippen LogP contribution in [0.3, 0.4) is 0 Å². The van der Waals surface area contributed by atoms with Gasteiger partial charge in [0.25, 0.3) is 0 Å². The molecular formula is C10H18Cl2N2. The third-order valence-electron chi connectivity index (χ3n) is 2.91. The smallest absolute Gasteiger partial charge is 0.0434 e. The molecule has 1 fully saturated rings. The lowest BCUT2D eigenvalue weighted by Crippen LogP contribution is -2.44. The first kappa shape index (κ1) is 12.3. The molecule has 4 heteroatoms. The van der Waals surface area contributed by atoms with Gasteiger partial charge in [-0.1, -0.05) is 23.2 Å². The fourth-order valence-electron chi connectivity index (χ4n) is 1.90. The number of rotatable bonds is 3. The standard InChI is InChI=1S/C10H18Cl2N2/c1-8-2-3-9(5-13)6-14(8)7-10(12)4-11/h4,8-9H,2-3,5-7,13H2,1H3. The fourth-order valence-corrected chi connectivity index (χ4v) is 2.13. The van der Waals surface area contributed by atoms with Crippen molar-refractivity contribution >= 4 is 23.2 Å². The van der Waals surface area contributed by atoms with Crippen LogP contribution in [0.15, 0.2) is 10.6 Å². The number of piperidine rings is 1. The van der Waals surface area contributed by atoms with Gasteiger partial charge in [-0.3, -0.25) is 4.90 Å². The highest BCUT2D eigenvalue weighted by Crippen LogP contribution is 2.22. The van der Waals surface area contributed by atoms with E-state index in [1.54, 1.807) is 0 Å². The van der Waals surface area contributed by atoms with E-state index in [4.69, 9.17) is 28.9 Å². The van der Waals surface area contributed by atoms with Crippen LogP contribution in [0.1, 0.15) is 19.8 Å². The summed E-state index contributed by atoms with van der Waals surface area (Å²) in [6, 6.07) is 0.586. The Labute approximate surface area is 96.0 Å². The maximum atomic E-state index is 5.91. The molecule has 2 N–H and O–H groups in total. The molecule has 0 amide bonds. The van der Waals surface area contributed by atoms with Crippen LogP contribution in [0.25, 0.3) is 0 Å². The van der Waals surface area contributed by atoms with Crippen LogP contribution in [0.5, 0.6) is 0 Å². The predicted octanol–water partition coefficient (Wildman–Crippen LogP) is 2.36. The van der Waals surface area contributed by atoms with Crippen LogP contribution in [-0.2, 0) is 0 Å². The van der Waals surface area contributed by atoms with E-state index in [1.165, 1.54) is 18.4 Å². The van der Waals surface area contributed by atoms with Gasteiger partial charge in [0.1, 0.15) is 0 Å². The Morgan fingerprint density at radius 2 is 2.29 bits per heavy atom. The van der Waals surface area contributed by atoms with E-state index in [-0.39, 0.29) is 0 Å². The third-order valence-corrected chi connectivity index (χ3v) is 3.52. The predicted molar refractivity (Wildman–Crippen MR) is 62.6 cm³/mol. The molecule has 0 aromatic carbocycles. The van der Waals surface area contributed by atoms with Crippen molar-refractivity contribution in [3.63, 3.8) is 0 Å². The van der Waals surface area contributed by atoms with Gasteiger partial charge in [-0.05, 0) is 32.2 Å². The van der Waals surface area contributed by atoms with Crippen molar-refractivity contribution in [2.75, 3.05) is 19.6 Å². The Morgan fingerprint density at radius 1 is 1.57 bits per heavy atom. The van der Waals surface area contributed by atoms with Crippen molar-refractivity contribution < 1.29 is 0 Å². The van der Waals surface area contributed by atoms with Gasteiger partial charge in [0.2, 0.25) is 0 Å². The number of nitrogens with two attached hydrogens (primary N) is 1. The van der Waals surface area contributed by atoms with Crippen LogP contribution in [-0.4, -0.2) is 30.6 Å². The SMILES string of the molecule is CC1CCC(CN)CN1CC(Cl)=CCl. The molecule has 0 aromatic rings. The summed E-state index contributed by atoms with van der Waals surface area (Å²) in [4.78, 5) is 2.35. The van der Waals surface area contributed by atoms with Gasteiger partial charge in [-0.15, -0.1) is 0 Å². The molecule has 0 aromatic heterocycles. The summed E-state index contributed by atoms with van der Waals surface area (Å²) in [6.07, 6.45) is 2.44. The van der Waals surface area contributed by atoms with Crippen LogP contribution in [0, 0.1) is 5.92 Å². The van der Waals surface area contributed by atoms with E-state index in [1.807, 2.05) is 0 Å². The minimum Gasteiger partial charge on any atom is -0.330 e. The molecule has 2 atom stereocenters. The fraction of sp³-hybridized carbons (Fsp3) is 0.800. The van der Waals surface area contributed by atoms with E-state index in [0.29, 0.717) is 17.0 Å². The first-order chi connectivity index (χ1) is 6.67. The van der Waals surface area contributed by atoms with Gasteiger partial charge < -0.3 is 5.73 Å². The highest BCUT2D eigenvalue weighted by Gasteiger charge is 2.24. The Bertz CT molecular complexity index is 206. The normalized spacial score (nSPS) is 30.7. The molecule has 2 nitrogen and oxygen atoms in total. The zero-order valence-corrected chi connectivity index (χ0v) is 10.1. The molecule has 0 spiro atoms. The van der Waals surface area contributed by atoms with E-state index in [9.17, 15) is 0 Å². The monoisotopic (exact) mass is 236 g/mol. The van der Waals surface area contributed by atoms with E-state index >= 15 is 0 Å². The molecule has 1 rings (SSSR count). The average molecular weight is 237 g/mol. The maximum absolute atomic E-state index is 5.91. The molecule has 0 aliphatic carbocycles. The number of hydrogen-bond acceptors (Lipinski definition) is 2. The van der Waals surface area contributed by atoms with Gasteiger partial charge in [0, 0.05) is 29.7 Å². The molecule has 0 radical (unpaired) electrons. The molecule has 14 heavy (non-hydrogen) atoms. The molecule has 1 aliphatic heterocycles. The lowest BCUT2D eigenvalue weighted by molar-refractivity contribution is 0.134. The third kappa shape index (κ3) is 3.43. The summed E-state index contributed by atoms with van der Waals surface area (Å²) < 4.78 is 0. The van der Waals surface area contributed by atoms with Crippen molar-refractivity contribution in [3.05, 3.63) is 10.6 Å². The largest absolute Gasteiger partial charge is 0.330 e. The summed E-state index contributed by atoms with van der Waals surface area (Å²) in [6.45, 7) is 4.79. The molecule has 0 saturated carbocycles. The van der Waals surface area contributed by atoms with Crippen LogP contribution in [0.4, 0.5) is 0 Å². The molecule has 2 unspecified atom stereocenters. The molecule has 1 saturated heterocycles. The second kappa shape index (κ2) is 5.96. The van der Waals surface area contributed by atoms with Crippen molar-refractivity contribution in [1.29, 1.82) is 0 Å². The van der Waals surface area contributed by atoms with E-state index in [0.717, 1.165) is 19.6 Å². The second-order valence-corrected chi connectivity index (χ2v) is 4.72. The van der Waals surface area contributed by atoms with Crippen LogP contribution in [0.2, 0.25) is 0 Å². The molecular weight excluding hydrogens is 219 g/mol. The van der Waals surface area contributed by atoms with Crippen LogP contribution >= 0.6 is 23.2 Å². The van der Waals surface area contributed by atoms with Gasteiger partial charge in [0.05, 0.1) is 0 Å². The summed E-state index contributed by atoms with van der Waals surface area (Å²) in [5.74, 6) is 0.617. The summed E-state index contributed by atoms with van der Waals surface area (Å²) in [7, 11) is 0. The zero-order valence-electron chi connectivity index (χ0n) is 8.55. The lowest BCUT2D eigenvalue weighted by atomic mass is 9.93.